The van der Waals surface area contributed by atoms with Gasteiger partial charge in [-0.25, -0.2) is 4.79 Å². The number of rotatable bonds is 3. The van der Waals surface area contributed by atoms with Gasteiger partial charge in [-0.05, 0) is 20.8 Å². The first-order chi connectivity index (χ1) is 11.2. The molecule has 2 N–H and O–H groups in total. The van der Waals surface area contributed by atoms with E-state index in [1.807, 2.05) is 25.7 Å². The standard InChI is InChI=1S/C15H25N5O4/c1-15(2,3)24-14(21)20-8-6-19(7-9-20)13-17-11(22-4)10(16)12(18-13)23-5/h6-9,16H2,1-5H3. The normalized spacial score (nSPS) is 15.2. The van der Waals surface area contributed by atoms with E-state index in [1.165, 1.54) is 14.2 Å². The SMILES string of the molecule is COc1nc(N2CCN(C(=O)OC(C)(C)C)CC2)nc(OC)c1N. The van der Waals surface area contributed by atoms with E-state index < -0.39 is 5.60 Å². The number of ether oxygens (including phenoxy) is 3. The van der Waals surface area contributed by atoms with Crippen molar-refractivity contribution >= 4 is 17.7 Å². The lowest BCUT2D eigenvalue weighted by Crippen LogP contribution is -2.50. The number of nitrogens with zero attached hydrogens (tertiary/aromatic N) is 4. The van der Waals surface area contributed by atoms with Gasteiger partial charge in [0, 0.05) is 26.2 Å². The Morgan fingerprint density at radius 1 is 1.04 bits per heavy atom. The molecule has 24 heavy (non-hydrogen) atoms. The van der Waals surface area contributed by atoms with Crippen LogP contribution in [0.5, 0.6) is 11.8 Å². The van der Waals surface area contributed by atoms with E-state index in [-0.39, 0.29) is 23.5 Å². The molecule has 0 spiro atoms. The number of aromatic nitrogens is 2. The van der Waals surface area contributed by atoms with Crippen LogP contribution in [0.1, 0.15) is 20.8 Å². The quantitative estimate of drug-likeness (QED) is 0.874. The van der Waals surface area contributed by atoms with Gasteiger partial charge in [0.25, 0.3) is 0 Å². The van der Waals surface area contributed by atoms with E-state index in [4.69, 9.17) is 19.9 Å². The minimum absolute atomic E-state index is 0.260. The van der Waals surface area contributed by atoms with Crippen LogP contribution in [0.15, 0.2) is 0 Å². The van der Waals surface area contributed by atoms with Crippen molar-refractivity contribution < 1.29 is 19.0 Å². The summed E-state index contributed by atoms with van der Waals surface area (Å²) in [4.78, 5) is 24.3. The molecule has 0 unspecified atom stereocenters. The van der Waals surface area contributed by atoms with E-state index in [0.717, 1.165) is 0 Å². The number of carbonyl (C=O) groups excluding carboxylic acids is 1. The fourth-order valence-electron chi connectivity index (χ4n) is 2.29. The fraction of sp³-hybridized carbons (Fsp3) is 0.667. The second kappa shape index (κ2) is 6.98. The molecule has 1 fully saturated rings. The first-order valence-corrected chi connectivity index (χ1v) is 7.73. The van der Waals surface area contributed by atoms with Gasteiger partial charge in [0.1, 0.15) is 5.60 Å². The fourth-order valence-corrected chi connectivity index (χ4v) is 2.29. The van der Waals surface area contributed by atoms with Crippen LogP contribution >= 0.6 is 0 Å². The van der Waals surface area contributed by atoms with Crippen LogP contribution in [-0.4, -0.2) is 67.0 Å². The molecule has 1 aromatic heterocycles. The second-order valence-electron chi connectivity index (χ2n) is 6.41. The Labute approximate surface area is 141 Å². The summed E-state index contributed by atoms with van der Waals surface area (Å²) in [7, 11) is 2.98. The third kappa shape index (κ3) is 4.09. The minimum Gasteiger partial charge on any atom is -0.479 e. The number of nitrogens with two attached hydrogens (primary N) is 1. The van der Waals surface area contributed by atoms with Crippen molar-refractivity contribution in [1.82, 2.24) is 14.9 Å². The number of amides is 1. The maximum Gasteiger partial charge on any atom is 0.410 e. The Bertz CT molecular complexity index is 569. The predicted molar refractivity (Wildman–Crippen MR) is 89.6 cm³/mol. The van der Waals surface area contributed by atoms with Crippen molar-refractivity contribution in [3.63, 3.8) is 0 Å². The molecular weight excluding hydrogens is 314 g/mol. The smallest absolute Gasteiger partial charge is 0.410 e. The molecule has 9 nitrogen and oxygen atoms in total. The summed E-state index contributed by atoms with van der Waals surface area (Å²) in [5.74, 6) is 1.000. The molecular formula is C15H25N5O4. The first kappa shape index (κ1) is 17.9. The number of anilines is 2. The van der Waals surface area contributed by atoms with E-state index in [2.05, 4.69) is 9.97 Å². The summed E-state index contributed by atoms with van der Waals surface area (Å²) in [6.07, 6.45) is -0.310. The summed E-state index contributed by atoms with van der Waals surface area (Å²) in [6.45, 7) is 7.75. The number of hydrogen-bond donors (Lipinski definition) is 1. The molecule has 0 aromatic carbocycles. The second-order valence-corrected chi connectivity index (χ2v) is 6.41. The van der Waals surface area contributed by atoms with Gasteiger partial charge < -0.3 is 29.7 Å². The lowest BCUT2D eigenvalue weighted by Gasteiger charge is -2.35. The molecule has 0 radical (unpaired) electrons. The van der Waals surface area contributed by atoms with Gasteiger partial charge in [0.2, 0.25) is 17.7 Å². The molecule has 134 valence electrons. The Kier molecular flexibility index (Phi) is 5.20. The van der Waals surface area contributed by atoms with Crippen LogP contribution in [0.2, 0.25) is 0 Å². The highest BCUT2D eigenvalue weighted by atomic mass is 16.6. The largest absolute Gasteiger partial charge is 0.479 e. The van der Waals surface area contributed by atoms with Crippen LogP contribution in [0, 0.1) is 0 Å². The Morgan fingerprint density at radius 2 is 1.54 bits per heavy atom. The van der Waals surface area contributed by atoms with Crippen molar-refractivity contribution in [3.8, 4) is 11.8 Å². The lowest BCUT2D eigenvalue weighted by atomic mass is 10.2. The van der Waals surface area contributed by atoms with Gasteiger partial charge >= 0.3 is 6.09 Å². The van der Waals surface area contributed by atoms with Crippen molar-refractivity contribution in [2.24, 2.45) is 0 Å². The van der Waals surface area contributed by atoms with Crippen LogP contribution in [0.4, 0.5) is 16.4 Å². The summed E-state index contributed by atoms with van der Waals surface area (Å²) in [6, 6.07) is 0. The van der Waals surface area contributed by atoms with Crippen LogP contribution in [0.25, 0.3) is 0 Å². The van der Waals surface area contributed by atoms with Gasteiger partial charge in [-0.1, -0.05) is 0 Å². The average molecular weight is 339 g/mol. The molecule has 2 heterocycles. The highest BCUT2D eigenvalue weighted by molar-refractivity contribution is 5.68. The monoisotopic (exact) mass is 339 g/mol. The third-order valence-corrected chi connectivity index (χ3v) is 3.46. The molecule has 1 aliphatic heterocycles. The molecule has 0 aliphatic carbocycles. The van der Waals surface area contributed by atoms with E-state index >= 15 is 0 Å². The minimum atomic E-state index is -0.505. The molecule has 1 amide bonds. The van der Waals surface area contributed by atoms with Crippen molar-refractivity contribution in [2.45, 2.75) is 26.4 Å². The van der Waals surface area contributed by atoms with E-state index in [9.17, 15) is 4.79 Å². The molecule has 9 heteroatoms. The molecule has 2 rings (SSSR count). The zero-order chi connectivity index (χ0) is 17.9. The Balaban J connectivity index is 2.06. The number of methoxy groups -OCH3 is 2. The predicted octanol–water partition coefficient (Wildman–Crippen LogP) is 1.13. The molecule has 1 aromatic rings. The number of hydrogen-bond acceptors (Lipinski definition) is 8. The number of carbonyl (C=O) groups is 1. The number of nitrogen functional groups attached to an aromatic ring is 1. The average Bonchev–Trinajstić information content (AvgIpc) is 2.53. The maximum absolute atomic E-state index is 12.1. The summed E-state index contributed by atoms with van der Waals surface area (Å²) in [5, 5.41) is 0. The van der Waals surface area contributed by atoms with Gasteiger partial charge in [-0.3, -0.25) is 0 Å². The van der Waals surface area contributed by atoms with Crippen LogP contribution < -0.4 is 20.1 Å². The Hall–Kier alpha value is -2.45. The topological polar surface area (TPSA) is 103 Å². The van der Waals surface area contributed by atoms with Gasteiger partial charge in [0.15, 0.2) is 5.69 Å². The highest BCUT2D eigenvalue weighted by Crippen LogP contribution is 2.30. The first-order valence-electron chi connectivity index (χ1n) is 7.73. The van der Waals surface area contributed by atoms with Crippen molar-refractivity contribution in [2.75, 3.05) is 51.0 Å². The summed E-state index contributed by atoms with van der Waals surface area (Å²) < 4.78 is 15.7. The molecule has 0 saturated carbocycles. The van der Waals surface area contributed by atoms with Gasteiger partial charge in [-0.15, -0.1) is 0 Å². The Morgan fingerprint density at radius 3 is 1.96 bits per heavy atom. The zero-order valence-electron chi connectivity index (χ0n) is 14.8. The van der Waals surface area contributed by atoms with E-state index in [0.29, 0.717) is 32.1 Å². The molecule has 0 bridgehead atoms. The van der Waals surface area contributed by atoms with Crippen LogP contribution in [0.3, 0.4) is 0 Å². The van der Waals surface area contributed by atoms with Gasteiger partial charge in [0.05, 0.1) is 14.2 Å². The zero-order valence-corrected chi connectivity index (χ0v) is 14.8. The maximum atomic E-state index is 12.1. The lowest BCUT2D eigenvalue weighted by molar-refractivity contribution is 0.0240. The van der Waals surface area contributed by atoms with Crippen molar-refractivity contribution in [3.05, 3.63) is 0 Å². The third-order valence-electron chi connectivity index (χ3n) is 3.46. The van der Waals surface area contributed by atoms with Crippen molar-refractivity contribution in [1.29, 1.82) is 0 Å². The summed E-state index contributed by atoms with van der Waals surface area (Å²) in [5.41, 5.74) is 5.62. The number of piperazine rings is 1. The molecule has 1 aliphatic rings. The van der Waals surface area contributed by atoms with Crippen LogP contribution in [-0.2, 0) is 4.74 Å². The molecule has 0 atom stereocenters. The van der Waals surface area contributed by atoms with Gasteiger partial charge in [-0.2, -0.15) is 9.97 Å². The van der Waals surface area contributed by atoms with E-state index in [1.54, 1.807) is 4.90 Å². The summed E-state index contributed by atoms with van der Waals surface area (Å²) >= 11 is 0. The molecule has 1 saturated heterocycles. The highest BCUT2D eigenvalue weighted by Gasteiger charge is 2.27.